The molecule has 5 nitrogen and oxygen atoms in total. The van der Waals surface area contributed by atoms with Crippen molar-refractivity contribution in [3.05, 3.63) is 53.3 Å². The lowest BCUT2D eigenvalue weighted by atomic mass is 10.2. The summed E-state index contributed by atoms with van der Waals surface area (Å²) in [6.45, 7) is 0. The van der Waals surface area contributed by atoms with E-state index in [1.807, 2.05) is 36.4 Å². The Morgan fingerprint density at radius 3 is 2.58 bits per heavy atom. The van der Waals surface area contributed by atoms with Crippen LogP contribution in [0.2, 0.25) is 0 Å². The number of methoxy groups -OCH3 is 1. The Morgan fingerprint density at radius 2 is 1.95 bits per heavy atom. The van der Waals surface area contributed by atoms with Crippen molar-refractivity contribution >= 4 is 18.1 Å². The fourth-order valence-corrected chi connectivity index (χ4v) is 1.52. The van der Waals surface area contributed by atoms with Gasteiger partial charge in [-0.2, -0.15) is 5.10 Å². The maximum Gasteiger partial charge on any atom is 0.360 e. The summed E-state index contributed by atoms with van der Waals surface area (Å²) in [5.74, 6) is -0.974. The smallest absolute Gasteiger partial charge is 0.360 e. The number of carboxylic acid groups (broad SMARTS) is 1. The van der Waals surface area contributed by atoms with E-state index < -0.39 is 5.97 Å². The summed E-state index contributed by atoms with van der Waals surface area (Å²) in [5.41, 5.74) is 1.36. The van der Waals surface area contributed by atoms with Gasteiger partial charge in [0.25, 0.3) is 0 Å². The van der Waals surface area contributed by atoms with Crippen molar-refractivity contribution in [1.29, 1.82) is 0 Å². The average molecular weight is 256 g/mol. The van der Waals surface area contributed by atoms with Crippen LogP contribution < -0.4 is 4.74 Å². The molecule has 19 heavy (non-hydrogen) atoms. The molecule has 0 saturated heterocycles. The number of rotatable bonds is 4. The fraction of sp³-hybridized carbons (Fsp3) is 0.0714. The maximum absolute atomic E-state index is 10.9. The summed E-state index contributed by atoms with van der Waals surface area (Å²) in [6, 6.07) is 11.2. The van der Waals surface area contributed by atoms with E-state index in [1.165, 1.54) is 13.2 Å². The van der Waals surface area contributed by atoms with Crippen LogP contribution in [0.15, 0.2) is 36.4 Å². The van der Waals surface area contributed by atoms with Crippen LogP contribution in [-0.2, 0) is 0 Å². The highest BCUT2D eigenvalue weighted by Crippen LogP contribution is 2.17. The Labute approximate surface area is 110 Å². The number of benzene rings is 1. The highest BCUT2D eigenvalue weighted by atomic mass is 16.5. The molecule has 0 aliphatic rings. The van der Waals surface area contributed by atoms with Crippen molar-refractivity contribution in [3.8, 4) is 5.75 Å². The molecule has 0 amide bonds. The number of hydrogen-bond donors (Lipinski definition) is 1. The van der Waals surface area contributed by atoms with E-state index in [0.717, 1.165) is 5.56 Å². The Bertz CT molecular complexity index is 609. The Balaban J connectivity index is 2.27. The van der Waals surface area contributed by atoms with Gasteiger partial charge in [-0.25, -0.2) is 4.79 Å². The first-order valence-electron chi connectivity index (χ1n) is 5.59. The zero-order valence-corrected chi connectivity index (χ0v) is 10.3. The van der Waals surface area contributed by atoms with Crippen molar-refractivity contribution in [3.63, 3.8) is 0 Å². The van der Waals surface area contributed by atoms with Crippen LogP contribution in [0.3, 0.4) is 0 Å². The number of aromatic carboxylic acids is 1. The molecule has 1 N–H and O–H groups in total. The largest absolute Gasteiger partial charge is 0.494 e. The van der Waals surface area contributed by atoms with Gasteiger partial charge >= 0.3 is 5.97 Å². The maximum atomic E-state index is 10.9. The lowest BCUT2D eigenvalue weighted by Gasteiger charge is -2.03. The molecule has 2 aromatic rings. The first-order valence-corrected chi connectivity index (χ1v) is 5.59. The monoisotopic (exact) mass is 256 g/mol. The molecule has 0 atom stereocenters. The van der Waals surface area contributed by atoms with Crippen LogP contribution in [0.4, 0.5) is 0 Å². The van der Waals surface area contributed by atoms with Gasteiger partial charge in [0.05, 0.1) is 12.8 Å². The predicted octanol–water partition coefficient (Wildman–Crippen LogP) is 2.35. The molecule has 0 aliphatic heterocycles. The minimum absolute atomic E-state index is 0.190. The van der Waals surface area contributed by atoms with Crippen LogP contribution in [0.5, 0.6) is 5.75 Å². The standard InChI is InChI=1S/C14H12N2O3/c1-19-12-9-11(15-16-13(12)14(17)18)8-7-10-5-3-2-4-6-10/h2-9H,1H3,(H,17,18)/b8-7+. The first kappa shape index (κ1) is 12.8. The lowest BCUT2D eigenvalue weighted by Crippen LogP contribution is -2.06. The topological polar surface area (TPSA) is 72.3 Å². The van der Waals surface area contributed by atoms with E-state index in [2.05, 4.69) is 10.2 Å². The summed E-state index contributed by atoms with van der Waals surface area (Å²) in [6.07, 6.45) is 3.61. The molecule has 96 valence electrons. The number of aromatic nitrogens is 2. The number of nitrogens with zero attached hydrogens (tertiary/aromatic N) is 2. The summed E-state index contributed by atoms with van der Waals surface area (Å²) >= 11 is 0. The van der Waals surface area contributed by atoms with Gasteiger partial charge in [-0.3, -0.25) is 0 Å². The lowest BCUT2D eigenvalue weighted by molar-refractivity contribution is 0.0685. The zero-order chi connectivity index (χ0) is 13.7. The summed E-state index contributed by atoms with van der Waals surface area (Å²) in [5, 5.41) is 16.4. The molecule has 2 rings (SSSR count). The molecule has 0 radical (unpaired) electrons. The molecule has 1 heterocycles. The number of hydrogen-bond acceptors (Lipinski definition) is 4. The second-order valence-corrected chi connectivity index (χ2v) is 3.74. The third-order valence-electron chi connectivity index (χ3n) is 2.45. The van der Waals surface area contributed by atoms with Gasteiger partial charge in [0.1, 0.15) is 0 Å². The van der Waals surface area contributed by atoms with Gasteiger partial charge < -0.3 is 9.84 Å². The minimum Gasteiger partial charge on any atom is -0.494 e. The molecule has 1 aromatic carbocycles. The van der Waals surface area contributed by atoms with Crippen LogP contribution >= 0.6 is 0 Å². The molecule has 0 fully saturated rings. The molecule has 1 aromatic heterocycles. The predicted molar refractivity (Wildman–Crippen MR) is 70.9 cm³/mol. The van der Waals surface area contributed by atoms with Crippen molar-refractivity contribution in [2.24, 2.45) is 0 Å². The molecule has 0 unspecified atom stereocenters. The Morgan fingerprint density at radius 1 is 1.21 bits per heavy atom. The highest BCUT2D eigenvalue weighted by molar-refractivity contribution is 5.88. The number of ether oxygens (including phenoxy) is 1. The van der Waals surface area contributed by atoms with Gasteiger partial charge in [0, 0.05) is 6.07 Å². The SMILES string of the molecule is COc1cc(/C=C/c2ccccc2)nnc1C(=O)O. The van der Waals surface area contributed by atoms with Gasteiger partial charge in [0.15, 0.2) is 5.75 Å². The van der Waals surface area contributed by atoms with Gasteiger partial charge in [-0.15, -0.1) is 5.10 Å². The van der Waals surface area contributed by atoms with E-state index in [9.17, 15) is 4.79 Å². The molecule has 5 heteroatoms. The highest BCUT2D eigenvalue weighted by Gasteiger charge is 2.13. The van der Waals surface area contributed by atoms with E-state index in [-0.39, 0.29) is 11.4 Å². The normalized spacial score (nSPS) is 10.6. The van der Waals surface area contributed by atoms with E-state index >= 15 is 0 Å². The van der Waals surface area contributed by atoms with E-state index in [4.69, 9.17) is 9.84 Å². The molecular formula is C14H12N2O3. The Hall–Kier alpha value is -2.69. The van der Waals surface area contributed by atoms with Gasteiger partial charge in [-0.1, -0.05) is 36.4 Å². The van der Waals surface area contributed by atoms with Crippen molar-refractivity contribution < 1.29 is 14.6 Å². The van der Waals surface area contributed by atoms with E-state index in [1.54, 1.807) is 6.08 Å². The van der Waals surface area contributed by atoms with Crippen molar-refractivity contribution in [2.45, 2.75) is 0 Å². The Kier molecular flexibility index (Phi) is 3.87. The summed E-state index contributed by atoms with van der Waals surface area (Å²) < 4.78 is 4.98. The summed E-state index contributed by atoms with van der Waals surface area (Å²) in [7, 11) is 1.40. The zero-order valence-electron chi connectivity index (χ0n) is 10.3. The van der Waals surface area contributed by atoms with Crippen LogP contribution in [0.25, 0.3) is 12.2 Å². The third kappa shape index (κ3) is 3.16. The number of carboxylic acids is 1. The third-order valence-corrected chi connectivity index (χ3v) is 2.45. The molecular weight excluding hydrogens is 244 g/mol. The fourth-order valence-electron chi connectivity index (χ4n) is 1.52. The summed E-state index contributed by atoms with van der Waals surface area (Å²) in [4.78, 5) is 10.9. The van der Waals surface area contributed by atoms with Crippen LogP contribution in [0.1, 0.15) is 21.7 Å². The molecule has 0 spiro atoms. The second kappa shape index (κ2) is 5.77. The van der Waals surface area contributed by atoms with Gasteiger partial charge in [-0.05, 0) is 11.6 Å². The van der Waals surface area contributed by atoms with Crippen LogP contribution in [0, 0.1) is 0 Å². The molecule has 0 bridgehead atoms. The van der Waals surface area contributed by atoms with Crippen molar-refractivity contribution in [2.75, 3.05) is 7.11 Å². The second-order valence-electron chi connectivity index (χ2n) is 3.74. The molecule has 0 aliphatic carbocycles. The average Bonchev–Trinajstić information content (AvgIpc) is 2.45. The minimum atomic E-state index is -1.16. The van der Waals surface area contributed by atoms with Crippen molar-refractivity contribution in [1.82, 2.24) is 10.2 Å². The van der Waals surface area contributed by atoms with Crippen LogP contribution in [-0.4, -0.2) is 28.4 Å². The first-order chi connectivity index (χ1) is 9.20. The number of carbonyl (C=O) groups is 1. The van der Waals surface area contributed by atoms with Gasteiger partial charge in [0.2, 0.25) is 5.69 Å². The van der Waals surface area contributed by atoms with E-state index in [0.29, 0.717) is 5.69 Å². The molecule has 0 saturated carbocycles. The quantitative estimate of drug-likeness (QED) is 0.909.